The van der Waals surface area contributed by atoms with Crippen LogP contribution in [0.1, 0.15) is 31.4 Å². The van der Waals surface area contributed by atoms with Gasteiger partial charge in [-0.1, -0.05) is 29.8 Å². The molecule has 8 heteroatoms. The SMILES string of the molecule is CCOc1ccc(N2C(=O)C(CCOS(=O)(=O)c3ccc(C)cc3)=C(C)/C2=C\c2ccc(OC)cc2)cc1. The topological polar surface area (TPSA) is 82.1 Å². The van der Waals surface area contributed by atoms with Gasteiger partial charge in [0.2, 0.25) is 0 Å². The monoisotopic (exact) mass is 533 g/mol. The Labute approximate surface area is 224 Å². The maximum Gasteiger partial charge on any atom is 0.296 e. The molecular formula is C30H31NO6S. The fourth-order valence-electron chi connectivity index (χ4n) is 4.19. The molecule has 0 atom stereocenters. The summed E-state index contributed by atoms with van der Waals surface area (Å²) in [6, 6.07) is 21.3. The number of rotatable bonds is 10. The van der Waals surface area contributed by atoms with E-state index in [1.54, 1.807) is 24.1 Å². The molecule has 0 radical (unpaired) electrons. The molecule has 1 amide bonds. The third-order valence-electron chi connectivity index (χ3n) is 6.26. The summed E-state index contributed by atoms with van der Waals surface area (Å²) in [5, 5.41) is 0. The van der Waals surface area contributed by atoms with E-state index in [0.717, 1.165) is 22.4 Å². The third-order valence-corrected chi connectivity index (χ3v) is 7.59. The van der Waals surface area contributed by atoms with Gasteiger partial charge in [-0.05, 0) is 86.5 Å². The number of allylic oxidation sites excluding steroid dienone is 1. The molecule has 1 aliphatic heterocycles. The molecule has 38 heavy (non-hydrogen) atoms. The number of carbonyl (C=O) groups excluding carboxylic acids is 1. The standard InChI is InChI=1S/C30H31NO6S/c1-5-36-26-14-10-24(11-15-26)31-29(20-23-8-12-25(35-4)13-9-23)22(3)28(30(31)32)18-19-37-38(33,34)27-16-6-21(2)7-17-27/h6-17,20H,5,18-19H2,1-4H3/b29-20+. The summed E-state index contributed by atoms with van der Waals surface area (Å²) in [6.07, 6.45) is 2.07. The molecule has 0 fully saturated rings. The van der Waals surface area contributed by atoms with Crippen molar-refractivity contribution in [2.75, 3.05) is 25.2 Å². The highest BCUT2D eigenvalue weighted by Crippen LogP contribution is 2.37. The van der Waals surface area contributed by atoms with E-state index in [4.69, 9.17) is 13.7 Å². The Morgan fingerprint density at radius 1 is 0.868 bits per heavy atom. The van der Waals surface area contributed by atoms with Crippen molar-refractivity contribution < 1.29 is 26.9 Å². The summed E-state index contributed by atoms with van der Waals surface area (Å²) >= 11 is 0. The van der Waals surface area contributed by atoms with Crippen molar-refractivity contribution in [1.82, 2.24) is 0 Å². The number of aryl methyl sites for hydroxylation is 1. The highest BCUT2D eigenvalue weighted by atomic mass is 32.2. The van der Waals surface area contributed by atoms with Gasteiger partial charge in [-0.3, -0.25) is 13.9 Å². The molecule has 1 aliphatic rings. The molecule has 3 aromatic carbocycles. The van der Waals surface area contributed by atoms with Gasteiger partial charge in [-0.2, -0.15) is 8.42 Å². The summed E-state index contributed by atoms with van der Waals surface area (Å²) in [5.41, 5.74) is 4.49. The lowest BCUT2D eigenvalue weighted by Crippen LogP contribution is -2.25. The summed E-state index contributed by atoms with van der Waals surface area (Å²) < 4.78 is 41.4. The smallest absolute Gasteiger partial charge is 0.296 e. The predicted octanol–water partition coefficient (Wildman–Crippen LogP) is 5.90. The summed E-state index contributed by atoms with van der Waals surface area (Å²) in [6.45, 7) is 6.05. The van der Waals surface area contributed by atoms with Crippen molar-refractivity contribution in [3.8, 4) is 11.5 Å². The van der Waals surface area contributed by atoms with E-state index in [9.17, 15) is 13.2 Å². The average Bonchev–Trinajstić information content (AvgIpc) is 3.14. The van der Waals surface area contributed by atoms with Crippen LogP contribution in [0.4, 0.5) is 5.69 Å². The van der Waals surface area contributed by atoms with Crippen molar-refractivity contribution in [3.05, 3.63) is 101 Å². The van der Waals surface area contributed by atoms with Crippen LogP contribution in [0.2, 0.25) is 0 Å². The zero-order chi connectivity index (χ0) is 27.3. The lowest BCUT2D eigenvalue weighted by Gasteiger charge is -2.20. The lowest BCUT2D eigenvalue weighted by atomic mass is 10.1. The zero-order valence-electron chi connectivity index (χ0n) is 21.9. The molecule has 0 saturated carbocycles. The van der Waals surface area contributed by atoms with Crippen LogP contribution in [-0.2, 0) is 19.1 Å². The van der Waals surface area contributed by atoms with Crippen molar-refractivity contribution >= 4 is 27.8 Å². The number of hydrogen-bond acceptors (Lipinski definition) is 6. The molecule has 3 aromatic rings. The summed E-state index contributed by atoms with van der Waals surface area (Å²) in [7, 11) is -2.33. The predicted molar refractivity (Wildman–Crippen MR) is 148 cm³/mol. The number of benzene rings is 3. The minimum absolute atomic E-state index is 0.0858. The molecule has 0 N–H and O–H groups in total. The molecule has 0 aromatic heterocycles. The van der Waals surface area contributed by atoms with Crippen molar-refractivity contribution in [1.29, 1.82) is 0 Å². The lowest BCUT2D eigenvalue weighted by molar-refractivity contribution is -0.114. The largest absolute Gasteiger partial charge is 0.497 e. The molecule has 0 bridgehead atoms. The van der Waals surface area contributed by atoms with Crippen LogP contribution in [0.15, 0.2) is 94.5 Å². The van der Waals surface area contributed by atoms with Crippen LogP contribution in [0.25, 0.3) is 6.08 Å². The van der Waals surface area contributed by atoms with Gasteiger partial charge < -0.3 is 9.47 Å². The average molecular weight is 534 g/mol. The molecule has 4 rings (SSSR count). The number of ether oxygens (including phenoxy) is 2. The Balaban J connectivity index is 1.62. The van der Waals surface area contributed by atoms with E-state index in [1.165, 1.54) is 12.1 Å². The first-order valence-electron chi connectivity index (χ1n) is 12.3. The van der Waals surface area contributed by atoms with E-state index < -0.39 is 10.1 Å². The first-order valence-corrected chi connectivity index (χ1v) is 13.7. The fourth-order valence-corrected chi connectivity index (χ4v) is 5.10. The van der Waals surface area contributed by atoms with E-state index in [0.29, 0.717) is 29.3 Å². The van der Waals surface area contributed by atoms with Crippen LogP contribution < -0.4 is 14.4 Å². The van der Waals surface area contributed by atoms with Crippen LogP contribution >= 0.6 is 0 Å². The number of hydrogen-bond donors (Lipinski definition) is 0. The second-order valence-corrected chi connectivity index (χ2v) is 10.4. The van der Waals surface area contributed by atoms with Gasteiger partial charge in [-0.15, -0.1) is 0 Å². The molecule has 0 spiro atoms. The van der Waals surface area contributed by atoms with Crippen LogP contribution in [0.5, 0.6) is 11.5 Å². The Hall–Kier alpha value is -3.88. The van der Waals surface area contributed by atoms with E-state index in [-0.39, 0.29) is 23.8 Å². The minimum Gasteiger partial charge on any atom is -0.497 e. The van der Waals surface area contributed by atoms with Gasteiger partial charge in [0.1, 0.15) is 11.5 Å². The van der Waals surface area contributed by atoms with E-state index in [1.807, 2.05) is 75.4 Å². The Bertz CT molecular complexity index is 1450. The van der Waals surface area contributed by atoms with Gasteiger partial charge in [0, 0.05) is 17.7 Å². The summed E-state index contributed by atoms with van der Waals surface area (Å²) in [5.74, 6) is 1.23. The Morgan fingerprint density at radius 3 is 2.11 bits per heavy atom. The summed E-state index contributed by atoms with van der Waals surface area (Å²) in [4.78, 5) is 15.4. The van der Waals surface area contributed by atoms with E-state index >= 15 is 0 Å². The Morgan fingerprint density at radius 2 is 1.50 bits per heavy atom. The second-order valence-electron chi connectivity index (χ2n) is 8.81. The zero-order valence-corrected chi connectivity index (χ0v) is 22.7. The maximum atomic E-state index is 13.7. The number of nitrogens with zero attached hydrogens (tertiary/aromatic N) is 1. The third kappa shape index (κ3) is 5.98. The van der Waals surface area contributed by atoms with Crippen molar-refractivity contribution in [3.63, 3.8) is 0 Å². The number of anilines is 1. The number of amides is 1. The molecular weight excluding hydrogens is 502 g/mol. The van der Waals surface area contributed by atoms with E-state index in [2.05, 4.69) is 0 Å². The molecule has 198 valence electrons. The van der Waals surface area contributed by atoms with Crippen molar-refractivity contribution in [2.24, 2.45) is 0 Å². The number of methoxy groups -OCH3 is 1. The van der Waals surface area contributed by atoms with Crippen LogP contribution in [0.3, 0.4) is 0 Å². The van der Waals surface area contributed by atoms with Gasteiger partial charge in [0.05, 0.1) is 30.9 Å². The normalized spacial score (nSPS) is 14.9. The molecule has 0 saturated heterocycles. The first-order chi connectivity index (χ1) is 18.2. The molecule has 0 unspecified atom stereocenters. The fraction of sp³-hybridized carbons (Fsp3) is 0.233. The van der Waals surface area contributed by atoms with Crippen LogP contribution in [0, 0.1) is 6.92 Å². The molecule has 1 heterocycles. The minimum atomic E-state index is -3.94. The van der Waals surface area contributed by atoms with Gasteiger partial charge in [-0.25, -0.2) is 0 Å². The quantitative estimate of drug-likeness (QED) is 0.302. The highest BCUT2D eigenvalue weighted by molar-refractivity contribution is 7.86. The molecule has 0 aliphatic carbocycles. The highest BCUT2D eigenvalue weighted by Gasteiger charge is 2.34. The van der Waals surface area contributed by atoms with Gasteiger partial charge >= 0.3 is 0 Å². The maximum absolute atomic E-state index is 13.7. The number of carbonyl (C=O) groups is 1. The van der Waals surface area contributed by atoms with Crippen molar-refractivity contribution in [2.45, 2.75) is 32.1 Å². The Kier molecular flexibility index (Phi) is 8.34. The molecule has 7 nitrogen and oxygen atoms in total. The van der Waals surface area contributed by atoms with Crippen LogP contribution in [-0.4, -0.2) is 34.6 Å². The van der Waals surface area contributed by atoms with Gasteiger partial charge in [0.15, 0.2) is 0 Å². The first kappa shape index (κ1) is 27.2. The second kappa shape index (κ2) is 11.7. The van der Waals surface area contributed by atoms with Gasteiger partial charge in [0.25, 0.3) is 16.0 Å².